The van der Waals surface area contributed by atoms with E-state index < -0.39 is 0 Å². The van der Waals surface area contributed by atoms with Crippen LogP contribution in [0.2, 0.25) is 0 Å². The highest BCUT2D eigenvalue weighted by Crippen LogP contribution is 2.20. The molecule has 0 saturated heterocycles. The van der Waals surface area contributed by atoms with E-state index in [1.807, 2.05) is 26.0 Å². The molecule has 1 N–H and O–H groups in total. The lowest BCUT2D eigenvalue weighted by Gasteiger charge is -2.18. The smallest absolute Gasteiger partial charge is 0.120 e. The summed E-state index contributed by atoms with van der Waals surface area (Å²) in [4.78, 5) is 0. The molecule has 1 rings (SSSR count). The molecular formula is C14H23NO2. The van der Waals surface area contributed by atoms with Crippen LogP contribution in [0.3, 0.4) is 0 Å². The Morgan fingerprint density at radius 2 is 2.06 bits per heavy atom. The Morgan fingerprint density at radius 3 is 2.65 bits per heavy atom. The molecule has 0 saturated carbocycles. The number of rotatable bonds is 7. The SMILES string of the molecule is CCNC(COC)c1cccc(OC(C)C)c1. The highest BCUT2D eigenvalue weighted by atomic mass is 16.5. The van der Waals surface area contributed by atoms with Crippen molar-refractivity contribution in [3.8, 4) is 5.75 Å². The minimum Gasteiger partial charge on any atom is -0.491 e. The van der Waals surface area contributed by atoms with Crippen molar-refractivity contribution >= 4 is 0 Å². The molecule has 3 nitrogen and oxygen atoms in total. The Labute approximate surface area is 104 Å². The Bertz CT molecular complexity index is 320. The van der Waals surface area contributed by atoms with E-state index in [4.69, 9.17) is 9.47 Å². The standard InChI is InChI=1S/C14H23NO2/c1-5-15-14(10-16-4)12-7-6-8-13(9-12)17-11(2)3/h6-9,11,14-15H,5,10H2,1-4H3. The van der Waals surface area contributed by atoms with Crippen molar-refractivity contribution < 1.29 is 9.47 Å². The van der Waals surface area contributed by atoms with Crippen LogP contribution in [-0.4, -0.2) is 26.4 Å². The van der Waals surface area contributed by atoms with Gasteiger partial charge < -0.3 is 14.8 Å². The van der Waals surface area contributed by atoms with E-state index in [2.05, 4.69) is 24.4 Å². The largest absolute Gasteiger partial charge is 0.491 e. The summed E-state index contributed by atoms with van der Waals surface area (Å²) in [6.07, 6.45) is 0.199. The first-order chi connectivity index (χ1) is 8.17. The Hall–Kier alpha value is -1.06. The van der Waals surface area contributed by atoms with Gasteiger partial charge in [0, 0.05) is 7.11 Å². The fourth-order valence-corrected chi connectivity index (χ4v) is 1.76. The molecule has 0 aliphatic carbocycles. The summed E-state index contributed by atoms with van der Waals surface area (Å²) >= 11 is 0. The van der Waals surface area contributed by atoms with Gasteiger partial charge in [-0.05, 0) is 38.1 Å². The Morgan fingerprint density at radius 1 is 1.29 bits per heavy atom. The number of likely N-dealkylation sites (N-methyl/N-ethyl adjacent to an activating group) is 1. The molecule has 96 valence electrons. The summed E-state index contributed by atoms with van der Waals surface area (Å²) in [6, 6.07) is 8.40. The summed E-state index contributed by atoms with van der Waals surface area (Å²) < 4.78 is 10.9. The van der Waals surface area contributed by atoms with Crippen LogP contribution in [-0.2, 0) is 4.74 Å². The van der Waals surface area contributed by atoms with Gasteiger partial charge in [0.25, 0.3) is 0 Å². The molecule has 1 aromatic carbocycles. The fraction of sp³-hybridized carbons (Fsp3) is 0.571. The van der Waals surface area contributed by atoms with E-state index in [-0.39, 0.29) is 12.1 Å². The van der Waals surface area contributed by atoms with Crippen LogP contribution in [0.25, 0.3) is 0 Å². The molecular weight excluding hydrogens is 214 g/mol. The molecule has 0 amide bonds. The molecule has 0 aliphatic rings. The average Bonchev–Trinajstić information content (AvgIpc) is 2.28. The zero-order valence-corrected chi connectivity index (χ0v) is 11.2. The molecule has 0 heterocycles. The molecule has 0 fully saturated rings. The minimum atomic E-state index is 0.199. The first-order valence-corrected chi connectivity index (χ1v) is 6.16. The maximum absolute atomic E-state index is 5.69. The maximum atomic E-state index is 5.69. The second kappa shape index (κ2) is 7.30. The van der Waals surface area contributed by atoms with E-state index in [1.165, 1.54) is 5.56 Å². The molecule has 0 bridgehead atoms. The lowest BCUT2D eigenvalue weighted by molar-refractivity contribution is 0.167. The highest BCUT2D eigenvalue weighted by molar-refractivity contribution is 5.30. The van der Waals surface area contributed by atoms with E-state index in [0.29, 0.717) is 6.61 Å². The fourth-order valence-electron chi connectivity index (χ4n) is 1.76. The first kappa shape index (κ1) is 14.0. The zero-order valence-electron chi connectivity index (χ0n) is 11.2. The van der Waals surface area contributed by atoms with Crippen LogP contribution >= 0.6 is 0 Å². The average molecular weight is 237 g/mol. The summed E-state index contributed by atoms with van der Waals surface area (Å²) in [5.41, 5.74) is 1.20. The van der Waals surface area contributed by atoms with Gasteiger partial charge in [-0.3, -0.25) is 0 Å². The maximum Gasteiger partial charge on any atom is 0.120 e. The summed E-state index contributed by atoms with van der Waals surface area (Å²) in [5, 5.41) is 3.40. The quantitative estimate of drug-likeness (QED) is 0.791. The number of ether oxygens (including phenoxy) is 2. The topological polar surface area (TPSA) is 30.5 Å². The van der Waals surface area contributed by atoms with Crippen LogP contribution < -0.4 is 10.1 Å². The second-order valence-corrected chi connectivity index (χ2v) is 4.30. The van der Waals surface area contributed by atoms with E-state index >= 15 is 0 Å². The van der Waals surface area contributed by atoms with Gasteiger partial charge in [-0.1, -0.05) is 19.1 Å². The molecule has 1 atom stereocenters. The lowest BCUT2D eigenvalue weighted by Crippen LogP contribution is -2.24. The van der Waals surface area contributed by atoms with Crippen LogP contribution in [0.15, 0.2) is 24.3 Å². The van der Waals surface area contributed by atoms with Gasteiger partial charge in [0.1, 0.15) is 5.75 Å². The van der Waals surface area contributed by atoms with Crippen molar-refractivity contribution in [1.29, 1.82) is 0 Å². The van der Waals surface area contributed by atoms with Crippen LogP contribution in [0.4, 0.5) is 0 Å². The summed E-state index contributed by atoms with van der Waals surface area (Å²) in [5.74, 6) is 0.913. The van der Waals surface area contributed by atoms with Crippen molar-refractivity contribution in [1.82, 2.24) is 5.32 Å². The Kier molecular flexibility index (Phi) is 6.01. The van der Waals surface area contributed by atoms with Gasteiger partial charge in [0.15, 0.2) is 0 Å². The van der Waals surface area contributed by atoms with Gasteiger partial charge in [0.05, 0.1) is 18.8 Å². The molecule has 0 radical (unpaired) electrons. The monoisotopic (exact) mass is 237 g/mol. The first-order valence-electron chi connectivity index (χ1n) is 6.16. The third-order valence-corrected chi connectivity index (χ3v) is 2.42. The third-order valence-electron chi connectivity index (χ3n) is 2.42. The van der Waals surface area contributed by atoms with E-state index in [9.17, 15) is 0 Å². The van der Waals surface area contributed by atoms with Gasteiger partial charge in [-0.2, -0.15) is 0 Å². The van der Waals surface area contributed by atoms with Gasteiger partial charge in [-0.25, -0.2) is 0 Å². The zero-order chi connectivity index (χ0) is 12.7. The lowest BCUT2D eigenvalue weighted by atomic mass is 10.1. The molecule has 1 unspecified atom stereocenters. The minimum absolute atomic E-state index is 0.199. The second-order valence-electron chi connectivity index (χ2n) is 4.30. The molecule has 0 spiro atoms. The van der Waals surface area contributed by atoms with Crippen LogP contribution in [0.1, 0.15) is 32.4 Å². The summed E-state index contributed by atoms with van der Waals surface area (Å²) in [6.45, 7) is 7.74. The number of methoxy groups -OCH3 is 1. The number of hydrogen-bond acceptors (Lipinski definition) is 3. The van der Waals surface area contributed by atoms with Crippen LogP contribution in [0.5, 0.6) is 5.75 Å². The van der Waals surface area contributed by atoms with Crippen molar-refractivity contribution in [2.24, 2.45) is 0 Å². The number of hydrogen-bond donors (Lipinski definition) is 1. The number of nitrogens with one attached hydrogen (secondary N) is 1. The Balaban J connectivity index is 2.79. The molecule has 1 aromatic rings. The van der Waals surface area contributed by atoms with Gasteiger partial charge in [-0.15, -0.1) is 0 Å². The summed E-state index contributed by atoms with van der Waals surface area (Å²) in [7, 11) is 1.72. The normalized spacial score (nSPS) is 12.8. The highest BCUT2D eigenvalue weighted by Gasteiger charge is 2.10. The number of benzene rings is 1. The molecule has 17 heavy (non-hydrogen) atoms. The predicted octanol–water partition coefficient (Wildman–Crippen LogP) is 2.77. The van der Waals surface area contributed by atoms with Crippen molar-refractivity contribution in [3.05, 3.63) is 29.8 Å². The molecule has 3 heteroatoms. The van der Waals surface area contributed by atoms with Crippen molar-refractivity contribution in [2.75, 3.05) is 20.3 Å². The van der Waals surface area contributed by atoms with E-state index in [0.717, 1.165) is 12.3 Å². The predicted molar refractivity (Wildman–Crippen MR) is 70.5 cm³/mol. The van der Waals surface area contributed by atoms with Gasteiger partial charge in [0.2, 0.25) is 0 Å². The van der Waals surface area contributed by atoms with Crippen molar-refractivity contribution in [3.63, 3.8) is 0 Å². The molecule has 0 aliphatic heterocycles. The third kappa shape index (κ3) is 4.75. The van der Waals surface area contributed by atoms with Crippen LogP contribution in [0, 0.1) is 0 Å². The van der Waals surface area contributed by atoms with Gasteiger partial charge >= 0.3 is 0 Å². The van der Waals surface area contributed by atoms with Crippen molar-refractivity contribution in [2.45, 2.75) is 32.9 Å². The van der Waals surface area contributed by atoms with E-state index in [1.54, 1.807) is 7.11 Å². The molecule has 0 aromatic heterocycles.